The second kappa shape index (κ2) is 12.2. The minimum atomic E-state index is 0.667. The van der Waals surface area contributed by atoms with Gasteiger partial charge in [0.2, 0.25) is 0 Å². The lowest BCUT2D eigenvalue weighted by Gasteiger charge is -2.26. The molecule has 0 N–H and O–H groups in total. The average molecular weight is 366 g/mol. The molecule has 0 unspecified atom stereocenters. The van der Waals surface area contributed by atoms with E-state index < -0.39 is 0 Å². The summed E-state index contributed by atoms with van der Waals surface area (Å²) in [6.45, 7) is 11.9. The molecule has 0 amide bonds. The maximum absolute atomic E-state index is 5.95. The van der Waals surface area contributed by atoms with Crippen LogP contribution in [0.15, 0.2) is 58.1 Å². The van der Waals surface area contributed by atoms with Crippen molar-refractivity contribution >= 4 is 30.1 Å². The van der Waals surface area contributed by atoms with Crippen molar-refractivity contribution in [2.45, 2.75) is 44.4 Å². The predicted octanol–water partition coefficient (Wildman–Crippen LogP) is 6.97. The van der Waals surface area contributed by atoms with E-state index in [9.17, 15) is 0 Å². The van der Waals surface area contributed by atoms with Crippen LogP contribution in [0.1, 0.15) is 39.5 Å². The van der Waals surface area contributed by atoms with Crippen molar-refractivity contribution in [1.29, 1.82) is 0 Å². The van der Waals surface area contributed by atoms with E-state index in [0.717, 1.165) is 27.5 Å². The summed E-state index contributed by atoms with van der Waals surface area (Å²) in [5.74, 6) is 1.54. The quantitative estimate of drug-likeness (QED) is 0.235. The standard InChI is InChI=1S/C17H22ClNOS.C3H6/c1-13-3-5-14(6-4-13)12-20-17(11-19-2)21-16-9-7-15(18)8-10-16;1-3-2/h7-11,13-14H,2-6,12H2,1H3;3H,1H2,2H3/b17-11+;. The summed E-state index contributed by atoms with van der Waals surface area (Å²) in [6, 6.07) is 7.72. The number of halogens is 1. The number of nitrogens with zero attached hydrogens (tertiary/aromatic N) is 1. The van der Waals surface area contributed by atoms with Crippen molar-refractivity contribution in [1.82, 2.24) is 0 Å². The monoisotopic (exact) mass is 365 g/mol. The van der Waals surface area contributed by atoms with Gasteiger partial charge in [0.25, 0.3) is 0 Å². The molecule has 0 bridgehead atoms. The molecule has 1 fully saturated rings. The molecule has 0 aromatic heterocycles. The molecule has 1 aromatic carbocycles. The number of allylic oxidation sites excluding steroid dienone is 1. The first-order chi connectivity index (χ1) is 11.6. The summed E-state index contributed by atoms with van der Waals surface area (Å²) in [6.07, 6.45) is 8.60. The fourth-order valence-corrected chi connectivity index (χ4v) is 3.37. The van der Waals surface area contributed by atoms with Crippen molar-refractivity contribution in [3.8, 4) is 0 Å². The first kappa shape index (κ1) is 20.9. The van der Waals surface area contributed by atoms with E-state index in [4.69, 9.17) is 16.3 Å². The van der Waals surface area contributed by atoms with Crippen molar-refractivity contribution in [2.24, 2.45) is 16.8 Å². The van der Waals surface area contributed by atoms with Crippen molar-refractivity contribution in [2.75, 3.05) is 6.61 Å². The lowest BCUT2D eigenvalue weighted by Crippen LogP contribution is -2.16. The molecular weight excluding hydrogens is 338 g/mol. The van der Waals surface area contributed by atoms with Gasteiger partial charge in [-0.25, -0.2) is 0 Å². The molecule has 132 valence electrons. The molecule has 0 atom stereocenters. The zero-order valence-electron chi connectivity index (χ0n) is 14.7. The summed E-state index contributed by atoms with van der Waals surface area (Å²) in [5, 5.41) is 1.54. The van der Waals surface area contributed by atoms with Gasteiger partial charge in [-0.15, -0.1) is 6.58 Å². The van der Waals surface area contributed by atoms with Gasteiger partial charge < -0.3 is 4.74 Å². The summed E-state index contributed by atoms with van der Waals surface area (Å²) in [5.41, 5.74) is 0. The largest absolute Gasteiger partial charge is 0.485 e. The number of hydrogen-bond donors (Lipinski definition) is 0. The van der Waals surface area contributed by atoms with Gasteiger partial charge in [-0.2, -0.15) is 0 Å². The molecule has 0 saturated heterocycles. The van der Waals surface area contributed by atoms with E-state index in [2.05, 4.69) is 25.2 Å². The number of hydrogen-bond acceptors (Lipinski definition) is 3. The summed E-state index contributed by atoms with van der Waals surface area (Å²) < 4.78 is 5.95. The van der Waals surface area contributed by atoms with Gasteiger partial charge >= 0.3 is 0 Å². The second-order valence-electron chi connectivity index (χ2n) is 6.03. The first-order valence-corrected chi connectivity index (χ1v) is 9.57. The maximum atomic E-state index is 5.95. The first-order valence-electron chi connectivity index (χ1n) is 8.38. The van der Waals surface area contributed by atoms with Crippen LogP contribution in [0.3, 0.4) is 0 Å². The number of rotatable bonds is 6. The summed E-state index contributed by atoms with van der Waals surface area (Å²) in [4.78, 5) is 4.93. The van der Waals surface area contributed by atoms with Gasteiger partial charge in [0.05, 0.1) is 12.8 Å². The second-order valence-corrected chi connectivity index (χ2v) is 7.55. The molecule has 4 heteroatoms. The van der Waals surface area contributed by atoms with Gasteiger partial charge in [0, 0.05) is 9.92 Å². The Kier molecular flexibility index (Phi) is 10.6. The Hall–Kier alpha value is -1.19. The Morgan fingerprint density at radius 2 is 1.88 bits per heavy atom. The molecule has 2 rings (SSSR count). The van der Waals surface area contributed by atoms with Gasteiger partial charge in [-0.1, -0.05) is 49.2 Å². The molecule has 24 heavy (non-hydrogen) atoms. The Morgan fingerprint density at radius 3 is 2.42 bits per heavy atom. The van der Waals surface area contributed by atoms with Crippen LogP contribution in [0.25, 0.3) is 0 Å². The molecule has 0 aliphatic heterocycles. The average Bonchev–Trinajstić information content (AvgIpc) is 2.57. The van der Waals surface area contributed by atoms with Gasteiger partial charge in [-0.3, -0.25) is 4.99 Å². The fraction of sp³-hybridized carbons (Fsp3) is 0.450. The van der Waals surface area contributed by atoms with Crippen molar-refractivity contribution < 1.29 is 4.74 Å². The van der Waals surface area contributed by atoms with E-state index in [0.29, 0.717) is 5.92 Å². The smallest absolute Gasteiger partial charge is 0.176 e. The highest BCUT2D eigenvalue weighted by atomic mass is 35.5. The lowest BCUT2D eigenvalue weighted by atomic mass is 9.83. The Morgan fingerprint density at radius 1 is 1.29 bits per heavy atom. The Balaban J connectivity index is 0.000000891. The van der Waals surface area contributed by atoms with Gasteiger partial charge in [0.1, 0.15) is 0 Å². The van der Waals surface area contributed by atoms with E-state index in [1.54, 1.807) is 24.0 Å². The third kappa shape index (κ3) is 8.60. The van der Waals surface area contributed by atoms with E-state index in [1.807, 2.05) is 31.2 Å². The van der Waals surface area contributed by atoms with Gasteiger partial charge in [0.15, 0.2) is 5.09 Å². The molecule has 1 aliphatic carbocycles. The predicted molar refractivity (Wildman–Crippen MR) is 108 cm³/mol. The summed E-state index contributed by atoms with van der Waals surface area (Å²) >= 11 is 7.46. The van der Waals surface area contributed by atoms with Crippen LogP contribution in [-0.2, 0) is 4.74 Å². The Bertz CT molecular complexity index is 519. The molecule has 2 nitrogen and oxygen atoms in total. The molecule has 0 radical (unpaired) electrons. The Labute approximate surface area is 156 Å². The van der Waals surface area contributed by atoms with Crippen molar-refractivity contribution in [3.05, 3.63) is 53.2 Å². The minimum absolute atomic E-state index is 0.667. The fourth-order valence-electron chi connectivity index (χ4n) is 2.48. The summed E-state index contributed by atoms with van der Waals surface area (Å²) in [7, 11) is 0. The van der Waals surface area contributed by atoms with Crippen LogP contribution in [0.5, 0.6) is 0 Å². The van der Waals surface area contributed by atoms with Gasteiger partial charge in [-0.05, 0) is 62.6 Å². The topological polar surface area (TPSA) is 21.6 Å². The number of benzene rings is 1. The lowest BCUT2D eigenvalue weighted by molar-refractivity contribution is 0.145. The normalized spacial score (nSPS) is 20.5. The number of thioether (sulfide) groups is 1. The highest BCUT2D eigenvalue weighted by molar-refractivity contribution is 8.02. The zero-order valence-corrected chi connectivity index (χ0v) is 16.3. The highest BCUT2D eigenvalue weighted by Crippen LogP contribution is 2.32. The van der Waals surface area contributed by atoms with E-state index >= 15 is 0 Å². The van der Waals surface area contributed by atoms with Crippen LogP contribution in [0, 0.1) is 11.8 Å². The van der Waals surface area contributed by atoms with Crippen LogP contribution in [-0.4, -0.2) is 13.3 Å². The van der Waals surface area contributed by atoms with Crippen LogP contribution < -0.4 is 0 Å². The minimum Gasteiger partial charge on any atom is -0.485 e. The molecule has 1 aliphatic rings. The van der Waals surface area contributed by atoms with E-state index in [-0.39, 0.29) is 0 Å². The third-order valence-electron chi connectivity index (χ3n) is 3.83. The SMILES string of the molecule is C=CC.C=N/C=C(\OCC1CCC(C)CC1)Sc1ccc(Cl)cc1. The molecule has 0 spiro atoms. The molecule has 1 aromatic rings. The zero-order chi connectivity index (χ0) is 17.8. The molecule has 0 heterocycles. The highest BCUT2D eigenvalue weighted by Gasteiger charge is 2.19. The number of aliphatic imine (C=N–C) groups is 1. The van der Waals surface area contributed by atoms with Crippen LogP contribution in [0.4, 0.5) is 0 Å². The van der Waals surface area contributed by atoms with Crippen LogP contribution >= 0.6 is 23.4 Å². The molecular formula is C20H28ClNOS. The van der Waals surface area contributed by atoms with E-state index in [1.165, 1.54) is 25.7 Å². The third-order valence-corrected chi connectivity index (χ3v) is 5.01. The maximum Gasteiger partial charge on any atom is 0.176 e. The number of ether oxygens (including phenoxy) is 1. The van der Waals surface area contributed by atoms with Crippen molar-refractivity contribution in [3.63, 3.8) is 0 Å². The van der Waals surface area contributed by atoms with Crippen LogP contribution in [0.2, 0.25) is 5.02 Å². The molecule has 1 saturated carbocycles.